The summed E-state index contributed by atoms with van der Waals surface area (Å²) >= 11 is 0. The van der Waals surface area contributed by atoms with Gasteiger partial charge in [0.15, 0.2) is 6.23 Å². The van der Waals surface area contributed by atoms with Crippen molar-refractivity contribution in [2.45, 2.75) is 140 Å². The molecule has 0 radical (unpaired) electrons. The van der Waals surface area contributed by atoms with Crippen LogP contribution in [0.4, 0.5) is 5.82 Å². The van der Waals surface area contributed by atoms with E-state index in [1.807, 2.05) is 21.1 Å². The summed E-state index contributed by atoms with van der Waals surface area (Å²) in [7, 11) is 3.12. The second kappa shape index (κ2) is 28.0. The Bertz CT molecular complexity index is 1140. The molecular weight excluding hydrogens is 695 g/mol. The Morgan fingerprint density at radius 2 is 1.44 bits per heavy atom. The second-order valence-electron chi connectivity index (χ2n) is 14.6. The van der Waals surface area contributed by atoms with Crippen molar-refractivity contribution in [3.63, 3.8) is 0 Å². The number of nitrogens with two attached hydrogens (primary N) is 1. The van der Waals surface area contributed by atoms with E-state index >= 15 is 0 Å². The number of nitrogens with zero attached hydrogens (tertiary/aromatic N) is 3. The molecule has 1 aromatic rings. The van der Waals surface area contributed by atoms with Gasteiger partial charge in [0.25, 0.3) is 7.82 Å². The number of rotatable bonds is 29. The number of hydrogen-bond acceptors (Lipinski definition) is 13. The number of phosphoric acid groups is 1. The molecule has 5 N–H and O–H groups in total. The quantitative estimate of drug-likeness (QED) is 0.0519. The van der Waals surface area contributed by atoms with Crippen LogP contribution >= 0.6 is 7.82 Å². The van der Waals surface area contributed by atoms with Crippen LogP contribution in [0.15, 0.2) is 17.1 Å². The van der Waals surface area contributed by atoms with Crippen molar-refractivity contribution >= 4 is 13.6 Å². The molecule has 1 aromatic heterocycles. The van der Waals surface area contributed by atoms with Gasteiger partial charge >= 0.3 is 5.69 Å². The lowest BCUT2D eigenvalue weighted by molar-refractivity contribution is -0.870. The van der Waals surface area contributed by atoms with Gasteiger partial charge in [-0.2, -0.15) is 4.98 Å². The average Bonchev–Trinajstić information content (AvgIpc) is 3.37. The highest BCUT2D eigenvalue weighted by Gasteiger charge is 2.43. The van der Waals surface area contributed by atoms with Gasteiger partial charge in [-0.3, -0.25) is 9.13 Å². The molecule has 6 atom stereocenters. The molecule has 2 rings (SSSR count). The highest BCUT2D eigenvalue weighted by molar-refractivity contribution is 7.45. The lowest BCUT2D eigenvalue weighted by Crippen LogP contribution is -2.37. The molecule has 0 amide bonds. The summed E-state index contributed by atoms with van der Waals surface area (Å²) in [6, 6.07) is 1.37. The summed E-state index contributed by atoms with van der Waals surface area (Å²) in [6.45, 7) is 3.37. The van der Waals surface area contributed by atoms with Crippen LogP contribution in [0.5, 0.6) is 0 Å². The third kappa shape index (κ3) is 22.7. The van der Waals surface area contributed by atoms with Crippen LogP contribution < -0.4 is 16.3 Å². The summed E-state index contributed by atoms with van der Waals surface area (Å²) < 4.78 is 39.4. The number of aliphatic hydroxyl groups excluding tert-OH is 3. The molecule has 15 nitrogen and oxygen atoms in total. The number of anilines is 1. The number of ether oxygens (including phenoxy) is 3. The molecule has 306 valence electrons. The van der Waals surface area contributed by atoms with Crippen molar-refractivity contribution in [3.8, 4) is 0 Å². The predicted molar refractivity (Wildman–Crippen MR) is 199 cm³/mol. The van der Waals surface area contributed by atoms with Gasteiger partial charge in [-0.15, -0.1) is 0 Å². The van der Waals surface area contributed by atoms with E-state index in [4.69, 9.17) is 34.1 Å². The van der Waals surface area contributed by atoms with Crippen molar-refractivity contribution in [2.24, 2.45) is 0 Å². The van der Waals surface area contributed by atoms with Gasteiger partial charge < -0.3 is 53.7 Å². The first kappa shape index (κ1) is 48.5. The molecule has 16 heteroatoms. The van der Waals surface area contributed by atoms with E-state index in [9.17, 15) is 24.5 Å². The summed E-state index contributed by atoms with van der Waals surface area (Å²) in [5, 5.41) is 28.2. The van der Waals surface area contributed by atoms with Crippen LogP contribution in [0.3, 0.4) is 0 Å². The molecule has 0 bridgehead atoms. The number of likely N-dealkylation sites (N-methyl/N-ethyl adjacent to an activating group) is 1. The minimum Gasteiger partial charge on any atom is -0.756 e. The van der Waals surface area contributed by atoms with Gasteiger partial charge in [-0.1, -0.05) is 103 Å². The van der Waals surface area contributed by atoms with Crippen molar-refractivity contribution < 1.29 is 52.5 Å². The molecule has 52 heavy (non-hydrogen) atoms. The highest BCUT2D eigenvalue weighted by atomic mass is 31.2. The standard InChI is InChI=1S/C27H58NO6P.C9H13N3O5/c1-6-7-8-9-10-11-12-13-14-15-16-17-18-19-20-21-23-32-25-27(31-5)26-34-35(29,30)33-24-22-28(2,3)4;10-5-1-2-12(9(16)11-5)8-7(15)6(14)4(3-13)17-8/h27H,6-26H2,1-5H3;1-2,4,6-8,13-15H,3H2,(H2,10,11,16)/t;4-,6-,7+,8-/m.1/s1. The van der Waals surface area contributed by atoms with Gasteiger partial charge in [0.2, 0.25) is 0 Å². The SMILES string of the molecule is CCCCCCCCCCCCCCCCCCOCC(COP(=O)([O-])OCC[N+](C)(C)C)OC.Nc1ccn([C@@H]2O[C@H](CO)[C@@H](O)[C@@H]2O)c(=O)n1. The third-order valence-electron chi connectivity index (χ3n) is 8.85. The van der Waals surface area contributed by atoms with Crippen LogP contribution in [0.25, 0.3) is 0 Å². The zero-order valence-electron chi connectivity index (χ0n) is 32.6. The normalized spacial score (nSPS) is 20.7. The van der Waals surface area contributed by atoms with E-state index in [1.54, 1.807) is 0 Å². The molecule has 0 saturated carbocycles. The lowest BCUT2D eigenvalue weighted by Gasteiger charge is -2.28. The Kier molecular flexibility index (Phi) is 26.1. The molecule has 2 unspecified atom stereocenters. The van der Waals surface area contributed by atoms with Gasteiger partial charge in [0.1, 0.15) is 43.4 Å². The summed E-state index contributed by atoms with van der Waals surface area (Å²) in [5.74, 6) is 0.0537. The van der Waals surface area contributed by atoms with Crippen LogP contribution in [0.2, 0.25) is 0 Å². The largest absolute Gasteiger partial charge is 0.756 e. The zero-order valence-corrected chi connectivity index (χ0v) is 33.5. The first-order chi connectivity index (χ1) is 24.7. The summed E-state index contributed by atoms with van der Waals surface area (Å²) in [5.41, 5.74) is 4.63. The van der Waals surface area contributed by atoms with Gasteiger partial charge in [0.05, 0.1) is 41.0 Å². The second-order valence-corrected chi connectivity index (χ2v) is 16.0. The fraction of sp³-hybridized carbons (Fsp3) is 0.889. The Hall–Kier alpha value is -1.49. The monoisotopic (exact) mass is 766 g/mol. The molecular formula is C36H71N4O11P. The average molecular weight is 767 g/mol. The third-order valence-corrected chi connectivity index (χ3v) is 9.82. The molecule has 1 saturated heterocycles. The first-order valence-corrected chi connectivity index (χ1v) is 20.7. The number of methoxy groups -OCH3 is 1. The lowest BCUT2D eigenvalue weighted by atomic mass is 10.0. The highest BCUT2D eigenvalue weighted by Crippen LogP contribution is 2.38. The number of hydrogen-bond donors (Lipinski definition) is 4. The number of aromatic nitrogens is 2. The van der Waals surface area contributed by atoms with Gasteiger partial charge in [0, 0.05) is 19.9 Å². The van der Waals surface area contributed by atoms with Gasteiger partial charge in [-0.05, 0) is 12.5 Å². The number of unbranched alkanes of at least 4 members (excludes halogenated alkanes) is 15. The van der Waals surface area contributed by atoms with E-state index in [0.717, 1.165) is 11.0 Å². The number of aliphatic hydroxyl groups is 3. The van der Waals surface area contributed by atoms with Crippen LogP contribution in [-0.4, -0.2) is 122 Å². The minimum atomic E-state index is -4.32. The molecule has 1 aliphatic heterocycles. The van der Waals surface area contributed by atoms with Gasteiger partial charge in [-0.25, -0.2) is 4.79 Å². The maximum absolute atomic E-state index is 11.9. The molecule has 0 aliphatic carbocycles. The topological polar surface area (TPSA) is 208 Å². The molecule has 0 aromatic carbocycles. The Morgan fingerprint density at radius 3 is 1.90 bits per heavy atom. The zero-order chi connectivity index (χ0) is 38.8. The number of nitrogen functional groups attached to an aromatic ring is 1. The van der Waals surface area contributed by atoms with Crippen LogP contribution in [0, 0.1) is 0 Å². The van der Waals surface area contributed by atoms with E-state index < -0.39 is 50.8 Å². The Balaban J connectivity index is 0.000000654. The maximum atomic E-state index is 11.9. The fourth-order valence-corrected chi connectivity index (χ4v) is 6.25. The van der Waals surface area contributed by atoms with Crippen molar-refractivity contribution in [1.82, 2.24) is 9.55 Å². The van der Waals surface area contributed by atoms with Crippen molar-refractivity contribution in [3.05, 3.63) is 22.7 Å². The summed E-state index contributed by atoms with van der Waals surface area (Å²) in [4.78, 5) is 26.8. The summed E-state index contributed by atoms with van der Waals surface area (Å²) in [6.07, 6.45) is 17.8. The van der Waals surface area contributed by atoms with E-state index in [1.165, 1.54) is 116 Å². The minimum absolute atomic E-state index is 0.0537. The predicted octanol–water partition coefficient (Wildman–Crippen LogP) is 3.92. The van der Waals surface area contributed by atoms with Crippen LogP contribution in [-0.2, 0) is 27.8 Å². The fourth-order valence-electron chi connectivity index (χ4n) is 5.52. The van der Waals surface area contributed by atoms with E-state index in [0.29, 0.717) is 24.2 Å². The number of quaternary nitrogens is 1. The molecule has 0 spiro atoms. The van der Waals surface area contributed by atoms with Crippen molar-refractivity contribution in [2.75, 3.05) is 73.6 Å². The Morgan fingerprint density at radius 1 is 0.904 bits per heavy atom. The Labute approximate surface area is 312 Å². The van der Waals surface area contributed by atoms with E-state index in [-0.39, 0.29) is 19.0 Å². The first-order valence-electron chi connectivity index (χ1n) is 19.2. The molecule has 2 heterocycles. The molecule has 1 aliphatic rings. The maximum Gasteiger partial charge on any atom is 0.351 e. The smallest absolute Gasteiger partial charge is 0.351 e. The van der Waals surface area contributed by atoms with E-state index in [2.05, 4.69) is 11.9 Å². The van der Waals surface area contributed by atoms with Crippen molar-refractivity contribution in [1.29, 1.82) is 0 Å². The number of phosphoric ester groups is 1. The molecule has 1 fully saturated rings. The van der Waals surface area contributed by atoms with Crippen LogP contribution in [0.1, 0.15) is 116 Å².